The number of urea groups is 1. The van der Waals surface area contributed by atoms with Crippen molar-refractivity contribution in [3.63, 3.8) is 0 Å². The van der Waals surface area contributed by atoms with Crippen molar-refractivity contribution in [2.45, 2.75) is 76.0 Å². The van der Waals surface area contributed by atoms with E-state index in [0.717, 1.165) is 19.3 Å². The van der Waals surface area contributed by atoms with Gasteiger partial charge in [-0.1, -0.05) is 32.1 Å². The highest BCUT2D eigenvalue weighted by atomic mass is 16.5. The van der Waals surface area contributed by atoms with Crippen molar-refractivity contribution in [3.8, 4) is 0 Å². The van der Waals surface area contributed by atoms with Gasteiger partial charge in [0.25, 0.3) is 0 Å². The molecule has 0 unspecified atom stereocenters. The number of hydrogen-bond donors (Lipinski definition) is 2. The minimum absolute atomic E-state index is 0.0447. The third kappa shape index (κ3) is 4.87. The molecule has 2 aliphatic rings. The number of rotatable bonds is 4. The van der Waals surface area contributed by atoms with Gasteiger partial charge >= 0.3 is 6.03 Å². The average Bonchev–Trinajstić information content (AvgIpc) is 2.93. The Hall–Kier alpha value is -1.30. The van der Waals surface area contributed by atoms with Gasteiger partial charge in [0.05, 0.1) is 6.10 Å². The lowest BCUT2D eigenvalue weighted by Crippen LogP contribution is -2.46. The van der Waals surface area contributed by atoms with Gasteiger partial charge in [-0.15, -0.1) is 0 Å². The lowest BCUT2D eigenvalue weighted by molar-refractivity contribution is -0.128. The van der Waals surface area contributed by atoms with Crippen LogP contribution in [0.15, 0.2) is 0 Å². The van der Waals surface area contributed by atoms with E-state index in [1.807, 2.05) is 11.9 Å². The second-order valence-electron chi connectivity index (χ2n) is 6.52. The van der Waals surface area contributed by atoms with E-state index in [0.29, 0.717) is 19.0 Å². The van der Waals surface area contributed by atoms with Gasteiger partial charge in [-0.25, -0.2) is 4.79 Å². The number of amides is 3. The largest absolute Gasteiger partial charge is 0.367 e. The summed E-state index contributed by atoms with van der Waals surface area (Å²) in [6, 6.07) is 0.292. The fourth-order valence-electron chi connectivity index (χ4n) is 3.38. The van der Waals surface area contributed by atoms with Crippen molar-refractivity contribution < 1.29 is 14.3 Å². The molecule has 0 aromatic heterocycles. The highest BCUT2D eigenvalue weighted by Crippen LogP contribution is 2.21. The topological polar surface area (TPSA) is 84.7 Å². The Labute approximate surface area is 132 Å². The number of nitrogens with one attached hydrogen (secondary N) is 1. The second-order valence-corrected chi connectivity index (χ2v) is 6.52. The number of nitrogens with zero attached hydrogens (tertiary/aromatic N) is 1. The first-order chi connectivity index (χ1) is 10.6. The molecule has 3 N–H and O–H groups in total. The number of carbonyl (C=O) groups is 2. The van der Waals surface area contributed by atoms with Gasteiger partial charge in [0.15, 0.2) is 0 Å². The van der Waals surface area contributed by atoms with Gasteiger partial charge in [0.1, 0.15) is 6.10 Å². The molecule has 1 aliphatic heterocycles. The zero-order valence-corrected chi connectivity index (χ0v) is 13.6. The number of carbonyl (C=O) groups excluding carboxylic acids is 2. The van der Waals surface area contributed by atoms with E-state index in [9.17, 15) is 9.59 Å². The van der Waals surface area contributed by atoms with Crippen molar-refractivity contribution in [1.82, 2.24) is 10.2 Å². The van der Waals surface area contributed by atoms with Crippen LogP contribution in [0.5, 0.6) is 0 Å². The van der Waals surface area contributed by atoms with Crippen LogP contribution < -0.4 is 11.1 Å². The standard InChI is InChI=1S/C16H29N3O3/c1-19(12-7-5-3-2-4-6-8-12)16(21)18-11-13-9-10-14(22-13)15(17)20/h12-14H,2-11H2,1H3,(H2,17,20)(H,18,21)/t13-,14+/m0/s1. The van der Waals surface area contributed by atoms with Crippen molar-refractivity contribution in [2.24, 2.45) is 5.73 Å². The zero-order chi connectivity index (χ0) is 15.9. The van der Waals surface area contributed by atoms with E-state index in [1.54, 1.807) is 0 Å². The first kappa shape index (κ1) is 17.1. The SMILES string of the molecule is CN(C(=O)NC[C@@H]1CC[C@H](C(N)=O)O1)C1CCCCCCC1. The Morgan fingerprint density at radius 3 is 2.32 bits per heavy atom. The molecular formula is C16H29N3O3. The van der Waals surface area contributed by atoms with Crippen LogP contribution in [0.4, 0.5) is 4.79 Å². The number of hydrogen-bond acceptors (Lipinski definition) is 3. The molecule has 1 saturated heterocycles. The molecule has 2 atom stereocenters. The molecule has 0 bridgehead atoms. The fourth-order valence-corrected chi connectivity index (χ4v) is 3.38. The monoisotopic (exact) mass is 311 g/mol. The normalized spacial score (nSPS) is 27.0. The molecular weight excluding hydrogens is 282 g/mol. The summed E-state index contributed by atoms with van der Waals surface area (Å²) in [5.74, 6) is -0.416. The van der Waals surface area contributed by atoms with Gasteiger partial charge in [0, 0.05) is 19.6 Å². The van der Waals surface area contributed by atoms with E-state index in [4.69, 9.17) is 10.5 Å². The van der Waals surface area contributed by atoms with Crippen molar-refractivity contribution in [1.29, 1.82) is 0 Å². The number of primary amides is 1. The summed E-state index contributed by atoms with van der Waals surface area (Å²) < 4.78 is 5.53. The average molecular weight is 311 g/mol. The Bertz CT molecular complexity index is 381. The lowest BCUT2D eigenvalue weighted by atomic mass is 9.96. The molecule has 2 rings (SSSR count). The molecule has 22 heavy (non-hydrogen) atoms. The number of nitrogens with two attached hydrogens (primary N) is 1. The molecule has 6 nitrogen and oxygen atoms in total. The molecule has 0 aromatic rings. The molecule has 0 radical (unpaired) electrons. The molecule has 3 amide bonds. The van der Waals surface area contributed by atoms with Gasteiger partial charge in [-0.05, 0) is 25.7 Å². The molecule has 1 aliphatic carbocycles. The maximum absolute atomic E-state index is 12.3. The molecule has 0 spiro atoms. The van der Waals surface area contributed by atoms with Crippen molar-refractivity contribution >= 4 is 11.9 Å². The van der Waals surface area contributed by atoms with Gasteiger partial charge in [0.2, 0.25) is 5.91 Å². The van der Waals surface area contributed by atoms with Crippen LogP contribution in [0.2, 0.25) is 0 Å². The molecule has 2 fully saturated rings. The number of ether oxygens (including phenoxy) is 1. The Balaban J connectivity index is 1.73. The van der Waals surface area contributed by atoms with Crippen molar-refractivity contribution in [3.05, 3.63) is 0 Å². The highest BCUT2D eigenvalue weighted by Gasteiger charge is 2.29. The quantitative estimate of drug-likeness (QED) is 0.830. The van der Waals surface area contributed by atoms with Crippen LogP contribution in [0, 0.1) is 0 Å². The zero-order valence-electron chi connectivity index (χ0n) is 13.6. The Morgan fingerprint density at radius 1 is 1.09 bits per heavy atom. The Morgan fingerprint density at radius 2 is 1.73 bits per heavy atom. The van der Waals surface area contributed by atoms with E-state index >= 15 is 0 Å². The summed E-state index contributed by atoms with van der Waals surface area (Å²) in [6.07, 6.45) is 9.27. The van der Waals surface area contributed by atoms with Crippen LogP contribution in [0.25, 0.3) is 0 Å². The molecule has 0 aromatic carbocycles. The van der Waals surface area contributed by atoms with E-state index in [2.05, 4.69) is 5.32 Å². The van der Waals surface area contributed by atoms with Gasteiger partial charge in [-0.3, -0.25) is 4.79 Å². The van der Waals surface area contributed by atoms with Gasteiger partial charge in [-0.2, -0.15) is 0 Å². The first-order valence-electron chi connectivity index (χ1n) is 8.53. The van der Waals surface area contributed by atoms with Gasteiger partial charge < -0.3 is 20.7 Å². The molecule has 1 saturated carbocycles. The lowest BCUT2D eigenvalue weighted by Gasteiger charge is -2.30. The predicted molar refractivity (Wildman–Crippen MR) is 84.4 cm³/mol. The van der Waals surface area contributed by atoms with E-state index in [-0.39, 0.29) is 12.1 Å². The van der Waals surface area contributed by atoms with Crippen molar-refractivity contribution in [2.75, 3.05) is 13.6 Å². The van der Waals surface area contributed by atoms with E-state index in [1.165, 1.54) is 32.1 Å². The molecule has 1 heterocycles. The summed E-state index contributed by atoms with van der Waals surface area (Å²) in [5, 5.41) is 2.93. The third-order valence-corrected chi connectivity index (χ3v) is 4.85. The smallest absolute Gasteiger partial charge is 0.317 e. The van der Waals surface area contributed by atoms with E-state index < -0.39 is 12.0 Å². The summed E-state index contributed by atoms with van der Waals surface area (Å²) in [5.41, 5.74) is 5.23. The maximum atomic E-state index is 12.3. The van der Waals surface area contributed by atoms with Crippen LogP contribution in [-0.2, 0) is 9.53 Å². The summed E-state index contributed by atoms with van der Waals surface area (Å²) in [4.78, 5) is 25.2. The summed E-state index contributed by atoms with van der Waals surface area (Å²) in [6.45, 7) is 0.444. The second kappa shape index (κ2) is 8.36. The minimum Gasteiger partial charge on any atom is -0.367 e. The third-order valence-electron chi connectivity index (χ3n) is 4.85. The first-order valence-corrected chi connectivity index (χ1v) is 8.53. The molecule has 126 valence electrons. The summed E-state index contributed by atoms with van der Waals surface area (Å²) >= 11 is 0. The maximum Gasteiger partial charge on any atom is 0.317 e. The van der Waals surface area contributed by atoms with Crippen LogP contribution in [-0.4, -0.2) is 48.7 Å². The highest BCUT2D eigenvalue weighted by molar-refractivity contribution is 5.79. The molecule has 6 heteroatoms. The van der Waals surface area contributed by atoms with Crippen LogP contribution in [0.3, 0.4) is 0 Å². The van der Waals surface area contributed by atoms with Crippen LogP contribution in [0.1, 0.15) is 57.8 Å². The summed E-state index contributed by atoms with van der Waals surface area (Å²) in [7, 11) is 1.88. The fraction of sp³-hybridized carbons (Fsp3) is 0.875. The minimum atomic E-state index is -0.495. The Kier molecular flexibility index (Phi) is 6.49. The van der Waals surface area contributed by atoms with Crippen LogP contribution >= 0.6 is 0 Å². The predicted octanol–water partition coefficient (Wildman–Crippen LogP) is 1.77.